The number of fused-ring (bicyclic) bond motifs is 1. The molecule has 47 heavy (non-hydrogen) atoms. The van der Waals surface area contributed by atoms with Crippen LogP contribution in [0.4, 0.5) is 10.1 Å². The molecule has 2 aromatic heterocycles. The summed E-state index contributed by atoms with van der Waals surface area (Å²) in [4.78, 5) is 39.4. The number of anilines is 1. The molecule has 3 aromatic carbocycles. The molecule has 1 atom stereocenters. The molecule has 3 N–H and O–H groups in total. The second kappa shape index (κ2) is 13.0. The quantitative estimate of drug-likeness (QED) is 0.223. The van der Waals surface area contributed by atoms with E-state index in [4.69, 9.17) is 0 Å². The van der Waals surface area contributed by atoms with Gasteiger partial charge in [-0.15, -0.1) is 0 Å². The molecule has 7 rings (SSSR count). The number of aliphatic hydroxyl groups excluding tert-OH is 1. The van der Waals surface area contributed by atoms with Crippen molar-refractivity contribution in [3.63, 3.8) is 0 Å². The number of nitrogens with one attached hydrogen (secondary N) is 2. The molecule has 2 amide bonds. The van der Waals surface area contributed by atoms with Crippen LogP contribution in [0.15, 0.2) is 85.2 Å². The van der Waals surface area contributed by atoms with E-state index in [0.717, 1.165) is 34.9 Å². The van der Waals surface area contributed by atoms with Gasteiger partial charge in [0.25, 0.3) is 0 Å². The van der Waals surface area contributed by atoms with Gasteiger partial charge in [0.05, 0.1) is 29.8 Å². The Hall–Kier alpha value is -5.00. The fourth-order valence-corrected chi connectivity index (χ4v) is 6.77. The first-order chi connectivity index (χ1) is 22.9. The average Bonchev–Trinajstić information content (AvgIpc) is 3.74. The van der Waals surface area contributed by atoms with Crippen molar-refractivity contribution in [2.24, 2.45) is 5.41 Å². The van der Waals surface area contributed by atoms with Crippen LogP contribution in [-0.2, 0) is 9.59 Å². The number of aromatic nitrogens is 4. The number of amides is 2. The van der Waals surface area contributed by atoms with Crippen LogP contribution in [0.2, 0.25) is 0 Å². The molecule has 2 fully saturated rings. The zero-order valence-electron chi connectivity index (χ0n) is 25.9. The summed E-state index contributed by atoms with van der Waals surface area (Å²) in [6.07, 6.45) is 5.70. The van der Waals surface area contributed by atoms with E-state index in [1.54, 1.807) is 36.7 Å². The summed E-state index contributed by atoms with van der Waals surface area (Å²) >= 11 is 0. The molecule has 2 aliphatic rings. The third-order valence-corrected chi connectivity index (χ3v) is 9.57. The molecule has 5 aromatic rings. The van der Waals surface area contributed by atoms with E-state index in [1.807, 2.05) is 21.9 Å². The Morgan fingerprint density at radius 2 is 1.68 bits per heavy atom. The third-order valence-electron chi connectivity index (χ3n) is 9.57. The summed E-state index contributed by atoms with van der Waals surface area (Å²) < 4.78 is 13.5. The Morgan fingerprint density at radius 3 is 2.40 bits per heavy atom. The van der Waals surface area contributed by atoms with Crippen molar-refractivity contribution in [2.75, 3.05) is 44.6 Å². The molecular formula is C36H36FN7O3. The highest BCUT2D eigenvalue weighted by molar-refractivity contribution is 6.00. The second-order valence-corrected chi connectivity index (χ2v) is 12.5. The maximum absolute atomic E-state index is 13.6. The van der Waals surface area contributed by atoms with Gasteiger partial charge in [0.1, 0.15) is 5.82 Å². The van der Waals surface area contributed by atoms with Gasteiger partial charge < -0.3 is 15.3 Å². The summed E-state index contributed by atoms with van der Waals surface area (Å²) in [7, 11) is 0. The smallest absolute Gasteiger partial charge is 0.236 e. The van der Waals surface area contributed by atoms with Gasteiger partial charge in [-0.05, 0) is 85.8 Å². The highest BCUT2D eigenvalue weighted by Gasteiger charge is 2.45. The molecule has 1 unspecified atom stereocenters. The van der Waals surface area contributed by atoms with Crippen LogP contribution in [0, 0.1) is 11.2 Å². The number of aliphatic hydroxyl groups is 1. The molecule has 0 spiro atoms. The van der Waals surface area contributed by atoms with E-state index in [2.05, 4.69) is 49.7 Å². The fraction of sp³-hybridized carbons (Fsp3) is 0.306. The number of halogens is 1. The molecule has 0 bridgehead atoms. The minimum absolute atomic E-state index is 0.0490. The Morgan fingerprint density at radius 1 is 0.957 bits per heavy atom. The van der Waals surface area contributed by atoms with Crippen LogP contribution >= 0.6 is 0 Å². The van der Waals surface area contributed by atoms with Crippen LogP contribution in [0.1, 0.15) is 30.7 Å². The van der Waals surface area contributed by atoms with Crippen LogP contribution in [0.3, 0.4) is 0 Å². The molecule has 0 saturated carbocycles. The van der Waals surface area contributed by atoms with E-state index >= 15 is 0 Å². The normalized spacial score (nSPS) is 18.9. The predicted octanol–water partition coefficient (Wildman–Crippen LogP) is 4.86. The van der Waals surface area contributed by atoms with Crippen LogP contribution in [0.25, 0.3) is 33.5 Å². The number of piperidine rings is 1. The van der Waals surface area contributed by atoms with Crippen molar-refractivity contribution in [2.45, 2.75) is 25.2 Å². The number of hydrogen-bond acceptors (Lipinski definition) is 7. The molecule has 10 nitrogen and oxygen atoms in total. The lowest BCUT2D eigenvalue weighted by atomic mass is 9.87. The van der Waals surface area contributed by atoms with Crippen molar-refractivity contribution >= 4 is 28.4 Å². The summed E-state index contributed by atoms with van der Waals surface area (Å²) in [5.74, 6) is 0.525. The summed E-state index contributed by atoms with van der Waals surface area (Å²) in [6.45, 7) is 2.10. The van der Waals surface area contributed by atoms with E-state index in [9.17, 15) is 19.1 Å². The van der Waals surface area contributed by atoms with E-state index in [-0.39, 0.29) is 30.8 Å². The highest BCUT2D eigenvalue weighted by atomic mass is 19.1. The Labute approximate surface area is 271 Å². The van der Waals surface area contributed by atoms with Gasteiger partial charge in [-0.3, -0.25) is 19.6 Å². The SMILES string of the molecule is O=C(CN1CCC(CO)(C(=O)Nc2ccc3[nH]nc(-c4ccc(F)cc4)c3c2)C1)N1CCC(c2ccc(-c3ncccn3)cc2)CC1. The largest absolute Gasteiger partial charge is 0.395 e. The van der Waals surface area contributed by atoms with Gasteiger partial charge in [-0.1, -0.05) is 24.3 Å². The Balaban J connectivity index is 0.939. The lowest BCUT2D eigenvalue weighted by molar-refractivity contribution is -0.134. The van der Waals surface area contributed by atoms with Crippen LogP contribution < -0.4 is 5.32 Å². The Bertz CT molecular complexity index is 1870. The molecule has 0 radical (unpaired) electrons. The van der Waals surface area contributed by atoms with Crippen molar-refractivity contribution in [1.29, 1.82) is 0 Å². The third kappa shape index (κ3) is 6.36. The number of carbonyl (C=O) groups is 2. The van der Waals surface area contributed by atoms with Crippen molar-refractivity contribution in [3.8, 4) is 22.6 Å². The summed E-state index contributed by atoms with van der Waals surface area (Å²) in [6, 6.07) is 21.7. The summed E-state index contributed by atoms with van der Waals surface area (Å²) in [5, 5.41) is 21.5. The summed E-state index contributed by atoms with van der Waals surface area (Å²) in [5.41, 5.74) is 3.98. The Kier molecular flexibility index (Phi) is 8.48. The van der Waals surface area contributed by atoms with E-state index in [1.165, 1.54) is 17.7 Å². The average molecular weight is 634 g/mol. The molecule has 4 heterocycles. The van der Waals surface area contributed by atoms with Crippen molar-refractivity contribution < 1.29 is 19.1 Å². The fourth-order valence-electron chi connectivity index (χ4n) is 6.77. The molecular weight excluding hydrogens is 597 g/mol. The molecule has 2 saturated heterocycles. The highest BCUT2D eigenvalue weighted by Crippen LogP contribution is 2.34. The number of rotatable bonds is 8. The van der Waals surface area contributed by atoms with Crippen molar-refractivity contribution in [1.82, 2.24) is 30.0 Å². The van der Waals surface area contributed by atoms with Gasteiger partial charge in [-0.25, -0.2) is 14.4 Å². The van der Waals surface area contributed by atoms with Gasteiger partial charge in [0.2, 0.25) is 11.8 Å². The first kappa shape index (κ1) is 30.6. The second-order valence-electron chi connectivity index (χ2n) is 12.5. The maximum atomic E-state index is 13.6. The maximum Gasteiger partial charge on any atom is 0.236 e. The first-order valence-corrected chi connectivity index (χ1v) is 15.9. The van der Waals surface area contributed by atoms with Gasteiger partial charge in [0, 0.05) is 54.2 Å². The zero-order chi connectivity index (χ0) is 32.4. The minimum Gasteiger partial charge on any atom is -0.395 e. The lowest BCUT2D eigenvalue weighted by Gasteiger charge is -2.33. The monoisotopic (exact) mass is 633 g/mol. The number of aromatic amines is 1. The molecule has 0 aliphatic carbocycles. The lowest BCUT2D eigenvalue weighted by Crippen LogP contribution is -2.46. The zero-order valence-corrected chi connectivity index (χ0v) is 25.9. The van der Waals surface area contributed by atoms with Crippen LogP contribution in [-0.4, -0.2) is 86.2 Å². The number of benzene rings is 3. The van der Waals surface area contributed by atoms with Gasteiger partial charge >= 0.3 is 0 Å². The topological polar surface area (TPSA) is 127 Å². The number of likely N-dealkylation sites (tertiary alicyclic amines) is 2. The number of nitrogens with zero attached hydrogens (tertiary/aromatic N) is 5. The minimum atomic E-state index is -1.02. The van der Waals surface area contributed by atoms with Crippen LogP contribution in [0.5, 0.6) is 0 Å². The molecule has 11 heteroatoms. The first-order valence-electron chi connectivity index (χ1n) is 15.9. The standard InChI is InChI=1S/C36H36FN7O3/c37-28-8-6-26(7-9-28)33-30-20-29(10-11-31(30)41-42-33)40-35(47)36(23-45)14-19-43(22-36)21-32(46)44-17-12-25(13-18-44)24-2-4-27(5-3-24)34-38-15-1-16-39-34/h1-11,15-16,20,25,45H,12-14,17-19,21-23H2,(H,40,47)(H,41,42). The molecule has 240 valence electrons. The number of H-pyrrole nitrogens is 1. The van der Waals surface area contributed by atoms with E-state index in [0.29, 0.717) is 55.7 Å². The number of hydrogen-bond donors (Lipinski definition) is 3. The van der Waals surface area contributed by atoms with Crippen molar-refractivity contribution in [3.05, 3.63) is 96.6 Å². The number of carbonyl (C=O) groups excluding carboxylic acids is 2. The molecule has 2 aliphatic heterocycles. The van der Waals surface area contributed by atoms with E-state index < -0.39 is 5.41 Å². The van der Waals surface area contributed by atoms with Gasteiger partial charge in [0.15, 0.2) is 5.82 Å². The van der Waals surface area contributed by atoms with Gasteiger partial charge in [-0.2, -0.15) is 5.10 Å². The predicted molar refractivity (Wildman–Crippen MR) is 177 cm³/mol.